The highest BCUT2D eigenvalue weighted by Crippen LogP contribution is 2.51. The Morgan fingerprint density at radius 3 is 3.00 bits per heavy atom. The zero-order valence-electron chi connectivity index (χ0n) is 12.4. The molecule has 2 aliphatic carbocycles. The van der Waals surface area contributed by atoms with Gasteiger partial charge in [0.25, 0.3) is 0 Å². The van der Waals surface area contributed by atoms with E-state index in [-0.39, 0.29) is 5.92 Å². The molecule has 2 atom stereocenters. The van der Waals surface area contributed by atoms with Gasteiger partial charge in [0.1, 0.15) is 5.41 Å². The van der Waals surface area contributed by atoms with Crippen LogP contribution in [0.2, 0.25) is 0 Å². The van der Waals surface area contributed by atoms with Gasteiger partial charge in [0.2, 0.25) is 5.88 Å². The molecule has 0 fully saturated rings. The van der Waals surface area contributed by atoms with E-state index in [0.29, 0.717) is 5.88 Å². The molecule has 2 aliphatic rings. The van der Waals surface area contributed by atoms with Crippen LogP contribution in [0.3, 0.4) is 0 Å². The molecule has 2 bridgehead atoms. The summed E-state index contributed by atoms with van der Waals surface area (Å²) in [6.45, 7) is 5.91. The van der Waals surface area contributed by atoms with Gasteiger partial charge in [0.15, 0.2) is 0 Å². The van der Waals surface area contributed by atoms with Gasteiger partial charge in [-0.2, -0.15) is 5.26 Å². The van der Waals surface area contributed by atoms with E-state index < -0.39 is 5.41 Å². The molecular weight excluding hydrogens is 260 g/mol. The van der Waals surface area contributed by atoms with Crippen molar-refractivity contribution >= 4 is 0 Å². The van der Waals surface area contributed by atoms with Crippen molar-refractivity contribution in [1.82, 2.24) is 4.98 Å². The molecule has 0 saturated carbocycles. The second-order valence-electron chi connectivity index (χ2n) is 5.72. The maximum absolute atomic E-state index is 9.97. The van der Waals surface area contributed by atoms with Gasteiger partial charge in [0, 0.05) is 18.4 Å². The minimum absolute atomic E-state index is 0.225. The third-order valence-electron chi connectivity index (χ3n) is 4.44. The monoisotopic (exact) mass is 278 g/mol. The zero-order valence-corrected chi connectivity index (χ0v) is 12.4. The Hall–Kier alpha value is -2.34. The Bertz CT molecular complexity index is 708. The van der Waals surface area contributed by atoms with Crippen molar-refractivity contribution in [1.29, 1.82) is 5.26 Å². The largest absolute Gasteiger partial charge is 0.481 e. The Morgan fingerprint density at radius 2 is 2.33 bits per heavy atom. The molecule has 1 heterocycles. The predicted molar refractivity (Wildman–Crippen MR) is 81.9 cm³/mol. The lowest BCUT2D eigenvalue weighted by molar-refractivity contribution is 0.390. The fraction of sp³-hybridized carbons (Fsp3) is 0.333. The Kier molecular flexibility index (Phi) is 3.17. The summed E-state index contributed by atoms with van der Waals surface area (Å²) in [4.78, 5) is 4.57. The fourth-order valence-corrected chi connectivity index (χ4v) is 3.65. The normalized spacial score (nSPS) is 28.3. The number of nitrogens with zero attached hydrogens (tertiary/aromatic N) is 2. The minimum atomic E-state index is -0.607. The molecule has 0 N–H and O–H groups in total. The standard InChI is InChI=1S/C18H18N2O/c1-4-5-14-13-8-12(2)10-18(14,11-19)15-6-7-17(21-3)20-16(15)9-13/h4-8,13H,1,9-10H2,2-3H3/b14-5+. The second-order valence-corrected chi connectivity index (χ2v) is 5.72. The van der Waals surface area contributed by atoms with E-state index in [4.69, 9.17) is 4.74 Å². The Balaban J connectivity index is 2.27. The van der Waals surface area contributed by atoms with E-state index in [2.05, 4.69) is 30.6 Å². The lowest BCUT2D eigenvalue weighted by atomic mass is 9.59. The van der Waals surface area contributed by atoms with Gasteiger partial charge in [0.05, 0.1) is 18.9 Å². The first-order valence-electron chi connectivity index (χ1n) is 7.10. The predicted octanol–water partition coefficient (Wildman–Crippen LogP) is 3.49. The van der Waals surface area contributed by atoms with Crippen molar-refractivity contribution in [3.63, 3.8) is 0 Å². The average molecular weight is 278 g/mol. The van der Waals surface area contributed by atoms with Crippen LogP contribution in [-0.2, 0) is 11.8 Å². The summed E-state index contributed by atoms with van der Waals surface area (Å²) >= 11 is 0. The summed E-state index contributed by atoms with van der Waals surface area (Å²) in [6, 6.07) is 6.41. The number of nitriles is 1. The third-order valence-corrected chi connectivity index (χ3v) is 4.44. The molecule has 1 aromatic rings. The highest BCUT2D eigenvalue weighted by Gasteiger charge is 2.47. The van der Waals surface area contributed by atoms with E-state index >= 15 is 0 Å². The van der Waals surface area contributed by atoms with Crippen molar-refractivity contribution in [3.05, 3.63) is 59.3 Å². The first kappa shape index (κ1) is 13.6. The molecule has 2 unspecified atom stereocenters. The lowest BCUT2D eigenvalue weighted by Gasteiger charge is -2.43. The number of methoxy groups -OCH3 is 1. The molecule has 1 aromatic heterocycles. The van der Waals surface area contributed by atoms with Crippen LogP contribution in [-0.4, -0.2) is 12.1 Å². The summed E-state index contributed by atoms with van der Waals surface area (Å²) in [5, 5.41) is 9.97. The van der Waals surface area contributed by atoms with Crippen molar-refractivity contribution in [2.24, 2.45) is 5.92 Å². The van der Waals surface area contributed by atoms with Crippen LogP contribution in [0.5, 0.6) is 5.88 Å². The van der Waals surface area contributed by atoms with E-state index in [0.717, 1.165) is 29.7 Å². The summed E-state index contributed by atoms with van der Waals surface area (Å²) in [5.74, 6) is 0.834. The van der Waals surface area contributed by atoms with Gasteiger partial charge in [-0.15, -0.1) is 0 Å². The van der Waals surface area contributed by atoms with Crippen LogP contribution >= 0.6 is 0 Å². The second kappa shape index (κ2) is 4.89. The highest BCUT2D eigenvalue weighted by atomic mass is 16.5. The molecule has 0 amide bonds. The highest BCUT2D eigenvalue weighted by molar-refractivity contribution is 5.56. The van der Waals surface area contributed by atoms with Gasteiger partial charge >= 0.3 is 0 Å². The zero-order chi connectivity index (χ0) is 15.0. The molecule has 0 radical (unpaired) electrons. The lowest BCUT2D eigenvalue weighted by Crippen LogP contribution is -2.40. The SMILES string of the molecule is C=C/C=C1\C2C=C(C)CC1(C#N)c1ccc(OC)nc1C2. The molecule has 0 spiro atoms. The molecular formula is C18H18N2O. The Morgan fingerprint density at radius 1 is 1.52 bits per heavy atom. The molecule has 0 saturated heterocycles. The van der Waals surface area contributed by atoms with Crippen LogP contribution in [0.1, 0.15) is 24.6 Å². The number of hydrogen-bond donors (Lipinski definition) is 0. The van der Waals surface area contributed by atoms with Gasteiger partial charge < -0.3 is 4.74 Å². The maximum atomic E-state index is 9.97. The fourth-order valence-electron chi connectivity index (χ4n) is 3.65. The van der Waals surface area contributed by atoms with E-state index in [9.17, 15) is 5.26 Å². The molecule has 0 aliphatic heterocycles. The number of pyridine rings is 1. The van der Waals surface area contributed by atoms with Gasteiger partial charge in [-0.05, 0) is 30.5 Å². The van der Waals surface area contributed by atoms with Crippen molar-refractivity contribution in [3.8, 4) is 11.9 Å². The van der Waals surface area contributed by atoms with E-state index in [1.165, 1.54) is 5.57 Å². The first-order chi connectivity index (χ1) is 10.1. The maximum Gasteiger partial charge on any atom is 0.213 e. The van der Waals surface area contributed by atoms with Crippen LogP contribution in [0, 0.1) is 17.2 Å². The molecule has 21 heavy (non-hydrogen) atoms. The number of hydrogen-bond acceptors (Lipinski definition) is 3. The van der Waals surface area contributed by atoms with Crippen LogP contribution in [0.4, 0.5) is 0 Å². The van der Waals surface area contributed by atoms with Crippen LogP contribution < -0.4 is 4.74 Å². The summed E-state index contributed by atoms with van der Waals surface area (Å²) in [6.07, 6.45) is 7.58. The van der Waals surface area contributed by atoms with Gasteiger partial charge in [-0.1, -0.05) is 30.4 Å². The molecule has 106 valence electrons. The van der Waals surface area contributed by atoms with Crippen molar-refractivity contribution in [2.75, 3.05) is 7.11 Å². The number of fused-ring (bicyclic) bond motifs is 4. The number of aromatic nitrogens is 1. The minimum Gasteiger partial charge on any atom is -0.481 e. The van der Waals surface area contributed by atoms with Crippen LogP contribution in [0.25, 0.3) is 0 Å². The van der Waals surface area contributed by atoms with Crippen molar-refractivity contribution in [2.45, 2.75) is 25.2 Å². The van der Waals surface area contributed by atoms with Crippen molar-refractivity contribution < 1.29 is 4.74 Å². The number of allylic oxidation sites excluding steroid dienone is 5. The molecule has 3 nitrogen and oxygen atoms in total. The smallest absolute Gasteiger partial charge is 0.213 e. The molecule has 0 aromatic carbocycles. The van der Waals surface area contributed by atoms with E-state index in [1.54, 1.807) is 13.2 Å². The topological polar surface area (TPSA) is 45.9 Å². The Labute approximate surface area is 125 Å². The molecule has 3 rings (SSSR count). The van der Waals surface area contributed by atoms with Crippen LogP contribution in [0.15, 0.2) is 48.1 Å². The van der Waals surface area contributed by atoms with Gasteiger partial charge in [-0.3, -0.25) is 0 Å². The quantitative estimate of drug-likeness (QED) is 0.778. The average Bonchev–Trinajstić information content (AvgIpc) is 2.48. The van der Waals surface area contributed by atoms with E-state index in [1.807, 2.05) is 18.2 Å². The summed E-state index contributed by atoms with van der Waals surface area (Å²) in [5.41, 5.74) is 3.80. The summed E-state index contributed by atoms with van der Waals surface area (Å²) < 4.78 is 5.22. The first-order valence-corrected chi connectivity index (χ1v) is 7.10. The number of ether oxygens (including phenoxy) is 1. The third kappa shape index (κ3) is 1.91. The molecule has 3 heteroatoms. The number of rotatable bonds is 2. The van der Waals surface area contributed by atoms with Gasteiger partial charge in [-0.25, -0.2) is 4.98 Å². The summed E-state index contributed by atoms with van der Waals surface area (Å²) in [7, 11) is 1.62.